The maximum absolute atomic E-state index is 11.5. The highest BCUT2D eigenvalue weighted by Gasteiger charge is 2.43. The van der Waals surface area contributed by atoms with Gasteiger partial charge in [-0.1, -0.05) is 0 Å². The Balaban J connectivity index is 1.55. The molecule has 3 fully saturated rings. The third-order valence-corrected chi connectivity index (χ3v) is 6.88. The molecule has 20 heavy (non-hydrogen) atoms. The summed E-state index contributed by atoms with van der Waals surface area (Å²) in [5, 5.41) is 10.5. The number of rotatable bonds is 3. The standard InChI is InChI=1S/C14H24O5S/c15-13(7-11-2-6-20(16,17)9-11)12-1-4-19-14(8-12)3-5-18-10-14/h11-13,15H,1-10H2. The smallest absolute Gasteiger partial charge is 0.150 e. The minimum absolute atomic E-state index is 0.133. The Bertz CT molecular complexity index is 440. The van der Waals surface area contributed by atoms with E-state index in [1.165, 1.54) is 0 Å². The van der Waals surface area contributed by atoms with Gasteiger partial charge in [-0.2, -0.15) is 0 Å². The van der Waals surface area contributed by atoms with Crippen molar-refractivity contribution in [3.8, 4) is 0 Å². The van der Waals surface area contributed by atoms with Gasteiger partial charge in [-0.05, 0) is 37.5 Å². The summed E-state index contributed by atoms with van der Waals surface area (Å²) in [6, 6.07) is 0. The van der Waals surface area contributed by atoms with Crippen molar-refractivity contribution in [3.05, 3.63) is 0 Å². The second kappa shape index (κ2) is 5.55. The third kappa shape index (κ3) is 3.18. The zero-order valence-electron chi connectivity index (χ0n) is 11.8. The molecule has 116 valence electrons. The van der Waals surface area contributed by atoms with Crippen LogP contribution >= 0.6 is 0 Å². The van der Waals surface area contributed by atoms with E-state index in [2.05, 4.69) is 0 Å². The highest BCUT2D eigenvalue weighted by Crippen LogP contribution is 2.38. The highest BCUT2D eigenvalue weighted by molar-refractivity contribution is 7.91. The quantitative estimate of drug-likeness (QED) is 0.833. The molecule has 3 heterocycles. The van der Waals surface area contributed by atoms with Crippen LogP contribution < -0.4 is 0 Å². The average Bonchev–Trinajstić information content (AvgIpc) is 2.97. The molecule has 6 heteroatoms. The number of ether oxygens (including phenoxy) is 2. The summed E-state index contributed by atoms with van der Waals surface area (Å²) in [6.07, 6.45) is 3.52. The number of aliphatic hydroxyl groups is 1. The summed E-state index contributed by atoms with van der Waals surface area (Å²) < 4.78 is 34.3. The van der Waals surface area contributed by atoms with Crippen LogP contribution in [0.3, 0.4) is 0 Å². The molecule has 3 aliphatic heterocycles. The van der Waals surface area contributed by atoms with Crippen molar-refractivity contribution in [3.63, 3.8) is 0 Å². The van der Waals surface area contributed by atoms with Crippen molar-refractivity contribution in [2.75, 3.05) is 31.3 Å². The Labute approximate surface area is 120 Å². The molecule has 4 unspecified atom stereocenters. The van der Waals surface area contributed by atoms with E-state index in [9.17, 15) is 13.5 Å². The molecule has 0 saturated carbocycles. The minimum Gasteiger partial charge on any atom is -0.393 e. The van der Waals surface area contributed by atoms with E-state index in [1.54, 1.807) is 0 Å². The van der Waals surface area contributed by atoms with Gasteiger partial charge in [0.1, 0.15) is 0 Å². The van der Waals surface area contributed by atoms with E-state index in [-0.39, 0.29) is 28.9 Å². The van der Waals surface area contributed by atoms with E-state index in [0.29, 0.717) is 26.1 Å². The van der Waals surface area contributed by atoms with Crippen LogP contribution in [0.4, 0.5) is 0 Å². The highest BCUT2D eigenvalue weighted by atomic mass is 32.2. The Kier molecular flexibility index (Phi) is 4.10. The molecule has 1 spiro atoms. The topological polar surface area (TPSA) is 72.8 Å². The zero-order valence-corrected chi connectivity index (χ0v) is 12.6. The van der Waals surface area contributed by atoms with Gasteiger partial charge in [0.05, 0.1) is 29.8 Å². The van der Waals surface area contributed by atoms with Crippen molar-refractivity contribution < 1.29 is 23.0 Å². The lowest BCUT2D eigenvalue weighted by atomic mass is 9.80. The van der Waals surface area contributed by atoms with Gasteiger partial charge in [0, 0.05) is 19.6 Å². The Morgan fingerprint density at radius 2 is 2.15 bits per heavy atom. The molecule has 0 bridgehead atoms. The predicted octanol–water partition coefficient (Wildman–Crippen LogP) is 0.758. The van der Waals surface area contributed by atoms with E-state index in [0.717, 1.165) is 25.9 Å². The van der Waals surface area contributed by atoms with Crippen LogP contribution in [0.2, 0.25) is 0 Å². The predicted molar refractivity (Wildman–Crippen MR) is 74.2 cm³/mol. The summed E-state index contributed by atoms with van der Waals surface area (Å²) >= 11 is 0. The number of hydrogen-bond acceptors (Lipinski definition) is 5. The number of sulfone groups is 1. The summed E-state index contributed by atoms with van der Waals surface area (Å²) in [6.45, 7) is 2.05. The molecule has 0 aromatic heterocycles. The van der Waals surface area contributed by atoms with Crippen LogP contribution in [0, 0.1) is 11.8 Å². The lowest BCUT2D eigenvalue weighted by Gasteiger charge is -2.39. The molecule has 0 amide bonds. The fraction of sp³-hybridized carbons (Fsp3) is 1.00. The first-order valence-electron chi connectivity index (χ1n) is 7.58. The van der Waals surface area contributed by atoms with E-state index < -0.39 is 15.9 Å². The van der Waals surface area contributed by atoms with Crippen LogP contribution in [0.25, 0.3) is 0 Å². The van der Waals surface area contributed by atoms with Crippen LogP contribution in [0.5, 0.6) is 0 Å². The van der Waals surface area contributed by atoms with Gasteiger partial charge in [-0.25, -0.2) is 8.42 Å². The molecular weight excluding hydrogens is 280 g/mol. The van der Waals surface area contributed by atoms with Crippen molar-refractivity contribution in [1.29, 1.82) is 0 Å². The van der Waals surface area contributed by atoms with Gasteiger partial charge >= 0.3 is 0 Å². The fourth-order valence-electron chi connectivity index (χ4n) is 3.85. The first-order valence-corrected chi connectivity index (χ1v) is 9.40. The summed E-state index contributed by atoms with van der Waals surface area (Å²) in [5.74, 6) is 0.889. The van der Waals surface area contributed by atoms with Crippen molar-refractivity contribution in [2.24, 2.45) is 11.8 Å². The van der Waals surface area contributed by atoms with Gasteiger partial charge in [-0.15, -0.1) is 0 Å². The molecule has 3 aliphatic rings. The zero-order chi connectivity index (χ0) is 14.2. The normalized spacial score (nSPS) is 42.0. The van der Waals surface area contributed by atoms with Crippen LogP contribution in [0.15, 0.2) is 0 Å². The lowest BCUT2D eigenvalue weighted by molar-refractivity contribution is -0.118. The molecule has 3 saturated heterocycles. The molecule has 0 aliphatic carbocycles. The molecular formula is C14H24O5S. The maximum atomic E-state index is 11.5. The van der Waals surface area contributed by atoms with E-state index in [1.807, 2.05) is 0 Å². The van der Waals surface area contributed by atoms with Crippen molar-refractivity contribution >= 4 is 9.84 Å². The van der Waals surface area contributed by atoms with Gasteiger partial charge in [-0.3, -0.25) is 0 Å². The van der Waals surface area contributed by atoms with Crippen LogP contribution in [-0.4, -0.2) is 56.6 Å². The molecule has 0 radical (unpaired) electrons. The largest absolute Gasteiger partial charge is 0.393 e. The monoisotopic (exact) mass is 304 g/mol. The SMILES string of the molecule is O=S1(=O)CCC(CC(O)C2CCOC3(CCOC3)C2)C1. The Morgan fingerprint density at radius 3 is 2.80 bits per heavy atom. The molecule has 0 aromatic rings. The van der Waals surface area contributed by atoms with E-state index in [4.69, 9.17) is 9.47 Å². The summed E-state index contributed by atoms with van der Waals surface area (Å²) in [5.41, 5.74) is -0.189. The summed E-state index contributed by atoms with van der Waals surface area (Å²) in [7, 11) is -2.85. The second-order valence-corrected chi connectivity index (χ2v) is 8.89. The minimum atomic E-state index is -2.85. The molecule has 0 aromatic carbocycles. The average molecular weight is 304 g/mol. The Hall–Kier alpha value is -0.170. The van der Waals surface area contributed by atoms with Gasteiger partial charge in [0.25, 0.3) is 0 Å². The van der Waals surface area contributed by atoms with Crippen LogP contribution in [0.1, 0.15) is 32.1 Å². The van der Waals surface area contributed by atoms with Crippen molar-refractivity contribution in [1.82, 2.24) is 0 Å². The first kappa shape index (κ1) is 14.8. The number of aliphatic hydroxyl groups excluding tert-OH is 1. The third-order valence-electron chi connectivity index (χ3n) is 5.04. The van der Waals surface area contributed by atoms with Crippen molar-refractivity contribution in [2.45, 2.75) is 43.8 Å². The molecule has 4 atom stereocenters. The van der Waals surface area contributed by atoms with Gasteiger partial charge in [0.2, 0.25) is 0 Å². The van der Waals surface area contributed by atoms with Crippen LogP contribution in [-0.2, 0) is 19.3 Å². The van der Waals surface area contributed by atoms with Gasteiger partial charge in [0.15, 0.2) is 9.84 Å². The second-order valence-electron chi connectivity index (χ2n) is 6.66. The lowest BCUT2D eigenvalue weighted by Crippen LogP contribution is -2.43. The first-order chi connectivity index (χ1) is 9.48. The van der Waals surface area contributed by atoms with Gasteiger partial charge < -0.3 is 14.6 Å². The Morgan fingerprint density at radius 1 is 1.30 bits per heavy atom. The fourth-order valence-corrected chi connectivity index (χ4v) is 5.73. The maximum Gasteiger partial charge on any atom is 0.150 e. The summed E-state index contributed by atoms with van der Waals surface area (Å²) in [4.78, 5) is 0. The van der Waals surface area contributed by atoms with E-state index >= 15 is 0 Å². The molecule has 3 rings (SSSR count). The molecule has 5 nitrogen and oxygen atoms in total. The number of hydrogen-bond donors (Lipinski definition) is 1. The molecule has 1 N–H and O–H groups in total.